The van der Waals surface area contributed by atoms with Gasteiger partial charge in [0, 0.05) is 24.4 Å². The molecule has 0 saturated carbocycles. The van der Waals surface area contributed by atoms with Crippen LogP contribution in [0.25, 0.3) is 0 Å². The molecule has 1 aromatic rings. The van der Waals surface area contributed by atoms with Crippen molar-refractivity contribution in [3.8, 4) is 6.07 Å². The summed E-state index contributed by atoms with van der Waals surface area (Å²) in [5.41, 5.74) is 1.52. The summed E-state index contributed by atoms with van der Waals surface area (Å²) >= 11 is 6.01. The lowest BCUT2D eigenvalue weighted by molar-refractivity contribution is 0.0658. The van der Waals surface area contributed by atoms with Crippen LogP contribution in [0.2, 0.25) is 5.02 Å². The Hall–Kier alpha value is -1.24. The van der Waals surface area contributed by atoms with Crippen molar-refractivity contribution < 1.29 is 4.74 Å². The van der Waals surface area contributed by atoms with E-state index in [4.69, 9.17) is 21.6 Å². The average Bonchev–Trinajstić information content (AvgIpc) is 2.29. The van der Waals surface area contributed by atoms with E-state index < -0.39 is 0 Å². The van der Waals surface area contributed by atoms with E-state index in [9.17, 15) is 0 Å². The molecule has 0 spiro atoms. The van der Waals surface area contributed by atoms with E-state index in [2.05, 4.69) is 18.3 Å². The molecule has 0 radical (unpaired) electrons. The highest BCUT2D eigenvalue weighted by Crippen LogP contribution is 2.27. The average molecular weight is 251 g/mol. The zero-order valence-electron chi connectivity index (χ0n) is 9.79. The molecular weight excluding hydrogens is 236 g/mol. The van der Waals surface area contributed by atoms with Gasteiger partial charge in [0.1, 0.15) is 6.07 Å². The number of hydrogen-bond acceptors (Lipinski definition) is 3. The minimum atomic E-state index is 0.0513. The van der Waals surface area contributed by atoms with Gasteiger partial charge in [-0.1, -0.05) is 11.6 Å². The van der Waals surface area contributed by atoms with Gasteiger partial charge in [-0.3, -0.25) is 0 Å². The molecule has 0 amide bonds. The van der Waals surface area contributed by atoms with Gasteiger partial charge in [0.15, 0.2) is 0 Å². The van der Waals surface area contributed by atoms with E-state index >= 15 is 0 Å². The van der Waals surface area contributed by atoms with Gasteiger partial charge in [-0.15, -0.1) is 0 Å². The third-order valence-corrected chi connectivity index (χ3v) is 3.44. The predicted molar refractivity (Wildman–Crippen MR) is 68.2 cm³/mol. The van der Waals surface area contributed by atoms with Crippen molar-refractivity contribution in [3.05, 3.63) is 28.8 Å². The topological polar surface area (TPSA) is 45.0 Å². The number of hydrogen-bond donors (Lipinski definition) is 1. The summed E-state index contributed by atoms with van der Waals surface area (Å²) in [6.07, 6.45) is 1.95. The number of nitrogens with zero attached hydrogens (tertiary/aromatic N) is 1. The van der Waals surface area contributed by atoms with Gasteiger partial charge in [0.05, 0.1) is 10.6 Å². The zero-order valence-corrected chi connectivity index (χ0v) is 10.5. The van der Waals surface area contributed by atoms with Crippen LogP contribution in [0, 0.1) is 11.3 Å². The Morgan fingerprint density at radius 3 is 2.71 bits per heavy atom. The summed E-state index contributed by atoms with van der Waals surface area (Å²) < 4.78 is 5.35. The molecule has 4 heteroatoms. The Bertz CT molecular complexity index is 447. The number of rotatable bonds is 2. The summed E-state index contributed by atoms with van der Waals surface area (Å²) in [5.74, 6) is 0. The molecule has 1 fully saturated rings. The van der Waals surface area contributed by atoms with Gasteiger partial charge in [0.25, 0.3) is 0 Å². The molecule has 90 valence electrons. The molecule has 1 aromatic carbocycles. The molecule has 17 heavy (non-hydrogen) atoms. The van der Waals surface area contributed by atoms with Crippen molar-refractivity contribution in [3.63, 3.8) is 0 Å². The minimum absolute atomic E-state index is 0.0513. The van der Waals surface area contributed by atoms with Crippen molar-refractivity contribution in [2.75, 3.05) is 18.5 Å². The van der Waals surface area contributed by atoms with E-state index in [1.807, 2.05) is 6.07 Å². The smallest absolute Gasteiger partial charge is 0.101 e. The van der Waals surface area contributed by atoms with Crippen LogP contribution in [0.1, 0.15) is 25.3 Å². The maximum Gasteiger partial charge on any atom is 0.101 e. The molecule has 0 aromatic heterocycles. The molecule has 1 heterocycles. The second-order valence-corrected chi connectivity index (χ2v) is 5.01. The minimum Gasteiger partial charge on any atom is -0.381 e. The Balaban J connectivity index is 2.13. The molecule has 1 saturated heterocycles. The first-order valence-corrected chi connectivity index (χ1v) is 6.06. The van der Waals surface area contributed by atoms with Gasteiger partial charge >= 0.3 is 0 Å². The first kappa shape index (κ1) is 12.2. The van der Waals surface area contributed by atoms with Gasteiger partial charge < -0.3 is 10.1 Å². The molecule has 2 rings (SSSR count). The Labute approximate surface area is 106 Å². The van der Waals surface area contributed by atoms with Crippen molar-refractivity contribution in [1.82, 2.24) is 0 Å². The highest BCUT2D eigenvalue weighted by molar-refractivity contribution is 6.32. The lowest BCUT2D eigenvalue weighted by Crippen LogP contribution is -2.40. The maximum atomic E-state index is 8.81. The summed E-state index contributed by atoms with van der Waals surface area (Å²) in [7, 11) is 0. The van der Waals surface area contributed by atoms with Crippen LogP contribution in [-0.4, -0.2) is 18.8 Å². The van der Waals surface area contributed by atoms with Gasteiger partial charge in [-0.2, -0.15) is 5.26 Å². The highest BCUT2D eigenvalue weighted by atomic mass is 35.5. The summed E-state index contributed by atoms with van der Waals surface area (Å²) in [6.45, 7) is 3.75. The van der Waals surface area contributed by atoms with E-state index in [0.29, 0.717) is 10.6 Å². The number of ether oxygens (including phenoxy) is 1. The molecule has 1 aliphatic rings. The molecule has 0 bridgehead atoms. The second-order valence-electron chi connectivity index (χ2n) is 4.60. The quantitative estimate of drug-likeness (QED) is 0.877. The molecule has 0 unspecified atom stereocenters. The van der Waals surface area contributed by atoms with Crippen LogP contribution in [0.4, 0.5) is 5.69 Å². The van der Waals surface area contributed by atoms with E-state index in [1.165, 1.54) is 0 Å². The number of halogens is 1. The Morgan fingerprint density at radius 1 is 1.41 bits per heavy atom. The highest BCUT2D eigenvalue weighted by Gasteiger charge is 2.26. The fourth-order valence-electron chi connectivity index (χ4n) is 1.98. The fraction of sp³-hybridized carbons (Fsp3) is 0.462. The van der Waals surface area contributed by atoms with Gasteiger partial charge in [-0.05, 0) is 38.0 Å². The molecule has 3 nitrogen and oxygen atoms in total. The third-order valence-electron chi connectivity index (χ3n) is 3.13. The Morgan fingerprint density at radius 2 is 2.12 bits per heavy atom. The van der Waals surface area contributed by atoms with E-state index in [1.54, 1.807) is 12.1 Å². The van der Waals surface area contributed by atoms with Gasteiger partial charge in [0.2, 0.25) is 0 Å². The normalized spacial score (nSPS) is 18.4. The fourth-order valence-corrected chi connectivity index (χ4v) is 2.20. The molecular formula is C13H15ClN2O. The first-order chi connectivity index (χ1) is 8.13. The molecule has 1 aliphatic heterocycles. The molecule has 0 atom stereocenters. The van der Waals surface area contributed by atoms with Crippen LogP contribution in [-0.2, 0) is 4.74 Å². The Kier molecular flexibility index (Phi) is 3.56. The number of nitrogens with one attached hydrogen (secondary N) is 1. The number of nitriles is 1. The van der Waals surface area contributed by atoms with Gasteiger partial charge in [-0.25, -0.2) is 0 Å². The zero-order chi connectivity index (χ0) is 12.3. The molecule has 1 N–H and O–H groups in total. The van der Waals surface area contributed by atoms with Crippen LogP contribution in [0.15, 0.2) is 18.2 Å². The van der Waals surface area contributed by atoms with Crippen LogP contribution >= 0.6 is 11.6 Å². The van der Waals surface area contributed by atoms with Crippen LogP contribution < -0.4 is 5.32 Å². The summed E-state index contributed by atoms with van der Waals surface area (Å²) in [6, 6.07) is 7.50. The summed E-state index contributed by atoms with van der Waals surface area (Å²) in [4.78, 5) is 0. The standard InChI is InChI=1S/C13H15ClN2O/c1-13(4-6-17-7-5-13)16-11-3-2-10(9-15)12(14)8-11/h2-3,8,16H,4-7H2,1H3. The largest absolute Gasteiger partial charge is 0.381 e. The number of anilines is 1. The maximum absolute atomic E-state index is 8.81. The van der Waals surface area contributed by atoms with Crippen LogP contribution in [0.5, 0.6) is 0 Å². The van der Waals surface area contributed by atoms with Crippen molar-refractivity contribution in [2.24, 2.45) is 0 Å². The lowest BCUT2D eigenvalue weighted by atomic mass is 9.92. The second kappa shape index (κ2) is 4.95. The van der Waals surface area contributed by atoms with Crippen molar-refractivity contribution in [1.29, 1.82) is 5.26 Å². The number of benzene rings is 1. The monoisotopic (exact) mass is 250 g/mol. The SMILES string of the molecule is CC1(Nc2ccc(C#N)c(Cl)c2)CCOCC1. The van der Waals surface area contributed by atoms with Crippen LogP contribution in [0.3, 0.4) is 0 Å². The first-order valence-electron chi connectivity index (χ1n) is 5.69. The lowest BCUT2D eigenvalue weighted by Gasteiger charge is -2.35. The van der Waals surface area contributed by atoms with E-state index in [0.717, 1.165) is 31.7 Å². The third kappa shape index (κ3) is 2.91. The van der Waals surface area contributed by atoms with Crippen molar-refractivity contribution >= 4 is 17.3 Å². The predicted octanol–water partition coefficient (Wildman–Crippen LogP) is 3.19. The van der Waals surface area contributed by atoms with Crippen molar-refractivity contribution in [2.45, 2.75) is 25.3 Å². The van der Waals surface area contributed by atoms with E-state index in [-0.39, 0.29) is 5.54 Å². The molecule has 0 aliphatic carbocycles. The summed E-state index contributed by atoms with van der Waals surface area (Å²) in [5, 5.41) is 12.8.